The van der Waals surface area contributed by atoms with Crippen molar-refractivity contribution in [3.63, 3.8) is 0 Å². The van der Waals surface area contributed by atoms with Gasteiger partial charge in [0.25, 0.3) is 0 Å². The van der Waals surface area contributed by atoms with Gasteiger partial charge in [0.1, 0.15) is 0 Å². The lowest BCUT2D eigenvalue weighted by atomic mass is 10.2. The zero-order valence-corrected chi connectivity index (χ0v) is 9.91. The van der Waals surface area contributed by atoms with Crippen LogP contribution in [0, 0.1) is 0 Å². The molecular formula is C12H14ClN3. The first-order valence-corrected chi connectivity index (χ1v) is 5.65. The van der Waals surface area contributed by atoms with E-state index in [1.807, 2.05) is 35.1 Å². The minimum atomic E-state index is 0.518. The van der Waals surface area contributed by atoms with Gasteiger partial charge in [-0.15, -0.1) is 0 Å². The standard InChI is InChI=1S/C12H14ClN3/c1-2-12-9(7-14)8-15-16(12)11-5-3-4-10(13)6-11/h3-6,8H,2,7,14H2,1H3. The minimum Gasteiger partial charge on any atom is -0.326 e. The second-order valence-electron chi connectivity index (χ2n) is 3.57. The number of rotatable bonds is 3. The molecule has 2 N–H and O–H groups in total. The Morgan fingerprint density at radius 1 is 1.44 bits per heavy atom. The first-order chi connectivity index (χ1) is 7.76. The molecule has 2 aromatic rings. The van der Waals surface area contributed by atoms with Gasteiger partial charge in [-0.05, 0) is 24.6 Å². The molecule has 0 aliphatic rings. The molecule has 0 radical (unpaired) electrons. The Morgan fingerprint density at radius 3 is 2.88 bits per heavy atom. The van der Waals surface area contributed by atoms with Crippen molar-refractivity contribution in [3.05, 3.63) is 46.7 Å². The zero-order valence-electron chi connectivity index (χ0n) is 9.15. The summed E-state index contributed by atoms with van der Waals surface area (Å²) < 4.78 is 1.90. The highest BCUT2D eigenvalue weighted by atomic mass is 35.5. The summed E-state index contributed by atoms with van der Waals surface area (Å²) in [4.78, 5) is 0. The first kappa shape index (κ1) is 11.2. The van der Waals surface area contributed by atoms with Crippen molar-refractivity contribution in [1.82, 2.24) is 9.78 Å². The smallest absolute Gasteiger partial charge is 0.0663 e. The van der Waals surface area contributed by atoms with Crippen molar-refractivity contribution < 1.29 is 0 Å². The van der Waals surface area contributed by atoms with Gasteiger partial charge in [-0.3, -0.25) is 0 Å². The van der Waals surface area contributed by atoms with Crippen LogP contribution >= 0.6 is 11.6 Å². The summed E-state index contributed by atoms with van der Waals surface area (Å²) in [5.41, 5.74) is 8.87. The maximum atomic E-state index is 5.97. The van der Waals surface area contributed by atoms with E-state index in [1.54, 1.807) is 0 Å². The van der Waals surface area contributed by atoms with Crippen molar-refractivity contribution in [2.24, 2.45) is 5.73 Å². The van der Waals surface area contributed by atoms with E-state index in [0.29, 0.717) is 11.6 Å². The quantitative estimate of drug-likeness (QED) is 0.889. The molecule has 0 bridgehead atoms. The van der Waals surface area contributed by atoms with Gasteiger partial charge < -0.3 is 5.73 Å². The van der Waals surface area contributed by atoms with Crippen LogP contribution in [0.3, 0.4) is 0 Å². The van der Waals surface area contributed by atoms with Gasteiger partial charge in [-0.25, -0.2) is 4.68 Å². The van der Waals surface area contributed by atoms with E-state index in [9.17, 15) is 0 Å². The van der Waals surface area contributed by atoms with E-state index in [2.05, 4.69) is 12.0 Å². The first-order valence-electron chi connectivity index (χ1n) is 5.28. The summed E-state index contributed by atoms with van der Waals surface area (Å²) in [6, 6.07) is 7.65. The van der Waals surface area contributed by atoms with Crippen LogP contribution in [-0.2, 0) is 13.0 Å². The predicted octanol–water partition coefficient (Wildman–Crippen LogP) is 2.55. The van der Waals surface area contributed by atoms with Crippen LogP contribution in [-0.4, -0.2) is 9.78 Å². The normalized spacial score (nSPS) is 10.7. The Bertz CT molecular complexity index is 491. The van der Waals surface area contributed by atoms with Crippen LogP contribution < -0.4 is 5.73 Å². The topological polar surface area (TPSA) is 43.8 Å². The molecule has 16 heavy (non-hydrogen) atoms. The maximum absolute atomic E-state index is 5.97. The fourth-order valence-electron chi connectivity index (χ4n) is 1.79. The number of halogens is 1. The van der Waals surface area contributed by atoms with E-state index in [0.717, 1.165) is 23.4 Å². The molecule has 0 unspecified atom stereocenters. The van der Waals surface area contributed by atoms with Crippen LogP contribution in [0.25, 0.3) is 5.69 Å². The Kier molecular flexibility index (Phi) is 3.27. The Hall–Kier alpha value is -1.32. The molecule has 3 nitrogen and oxygen atoms in total. The van der Waals surface area contributed by atoms with E-state index >= 15 is 0 Å². The summed E-state index contributed by atoms with van der Waals surface area (Å²) in [6.07, 6.45) is 2.72. The highest BCUT2D eigenvalue weighted by Gasteiger charge is 2.09. The molecule has 0 saturated carbocycles. The Labute approximate surface area is 99.8 Å². The number of hydrogen-bond acceptors (Lipinski definition) is 2. The van der Waals surface area contributed by atoms with Gasteiger partial charge in [0, 0.05) is 22.8 Å². The molecule has 1 aromatic heterocycles. The second-order valence-corrected chi connectivity index (χ2v) is 4.00. The molecule has 0 aliphatic carbocycles. The van der Waals surface area contributed by atoms with Crippen molar-refractivity contribution in [3.8, 4) is 5.69 Å². The van der Waals surface area contributed by atoms with E-state index < -0.39 is 0 Å². The molecule has 0 fully saturated rings. The third-order valence-corrected chi connectivity index (χ3v) is 2.80. The predicted molar refractivity (Wildman–Crippen MR) is 65.8 cm³/mol. The zero-order chi connectivity index (χ0) is 11.5. The van der Waals surface area contributed by atoms with Gasteiger partial charge in [0.05, 0.1) is 11.9 Å². The van der Waals surface area contributed by atoms with Crippen LogP contribution in [0.2, 0.25) is 5.02 Å². The number of nitrogens with zero attached hydrogens (tertiary/aromatic N) is 2. The third-order valence-electron chi connectivity index (χ3n) is 2.56. The number of benzene rings is 1. The van der Waals surface area contributed by atoms with E-state index in [1.165, 1.54) is 0 Å². The monoisotopic (exact) mass is 235 g/mol. The molecule has 2 rings (SSSR count). The van der Waals surface area contributed by atoms with E-state index in [4.69, 9.17) is 17.3 Å². The van der Waals surface area contributed by atoms with Gasteiger partial charge in [-0.1, -0.05) is 24.6 Å². The van der Waals surface area contributed by atoms with Crippen LogP contribution in [0.5, 0.6) is 0 Å². The highest BCUT2D eigenvalue weighted by Crippen LogP contribution is 2.18. The van der Waals surface area contributed by atoms with Crippen LogP contribution in [0.1, 0.15) is 18.2 Å². The highest BCUT2D eigenvalue weighted by molar-refractivity contribution is 6.30. The Morgan fingerprint density at radius 2 is 2.25 bits per heavy atom. The summed E-state index contributed by atoms with van der Waals surface area (Å²) >= 11 is 5.97. The van der Waals surface area contributed by atoms with E-state index in [-0.39, 0.29) is 0 Å². The SMILES string of the molecule is CCc1c(CN)cnn1-c1cccc(Cl)c1. The van der Waals surface area contributed by atoms with Crippen molar-refractivity contribution in [1.29, 1.82) is 0 Å². The largest absolute Gasteiger partial charge is 0.326 e. The molecule has 0 aliphatic heterocycles. The summed E-state index contributed by atoms with van der Waals surface area (Å²) in [6.45, 7) is 2.61. The number of aromatic nitrogens is 2. The van der Waals surface area contributed by atoms with Crippen LogP contribution in [0.4, 0.5) is 0 Å². The molecule has 0 amide bonds. The molecule has 1 aromatic carbocycles. The minimum absolute atomic E-state index is 0.518. The third kappa shape index (κ3) is 1.96. The lowest BCUT2D eigenvalue weighted by Crippen LogP contribution is -2.04. The molecule has 84 valence electrons. The summed E-state index contributed by atoms with van der Waals surface area (Å²) in [5.74, 6) is 0. The molecule has 0 spiro atoms. The molecular weight excluding hydrogens is 222 g/mol. The number of hydrogen-bond donors (Lipinski definition) is 1. The van der Waals surface area contributed by atoms with Crippen molar-refractivity contribution in [2.75, 3.05) is 0 Å². The fraction of sp³-hybridized carbons (Fsp3) is 0.250. The van der Waals surface area contributed by atoms with Crippen molar-refractivity contribution in [2.45, 2.75) is 19.9 Å². The maximum Gasteiger partial charge on any atom is 0.0663 e. The molecule has 0 saturated heterocycles. The van der Waals surface area contributed by atoms with Crippen LogP contribution in [0.15, 0.2) is 30.5 Å². The molecule has 1 heterocycles. The lowest BCUT2D eigenvalue weighted by Gasteiger charge is -2.07. The van der Waals surface area contributed by atoms with Crippen molar-refractivity contribution >= 4 is 11.6 Å². The van der Waals surface area contributed by atoms with Gasteiger partial charge in [-0.2, -0.15) is 5.10 Å². The second kappa shape index (κ2) is 4.68. The lowest BCUT2D eigenvalue weighted by molar-refractivity contribution is 0.807. The summed E-state index contributed by atoms with van der Waals surface area (Å²) in [7, 11) is 0. The molecule has 4 heteroatoms. The molecule has 0 atom stereocenters. The van der Waals surface area contributed by atoms with Gasteiger partial charge in [0.2, 0.25) is 0 Å². The van der Waals surface area contributed by atoms with Gasteiger partial charge in [0.15, 0.2) is 0 Å². The van der Waals surface area contributed by atoms with Gasteiger partial charge >= 0.3 is 0 Å². The fourth-order valence-corrected chi connectivity index (χ4v) is 1.97. The average Bonchev–Trinajstić information content (AvgIpc) is 2.71. The average molecular weight is 236 g/mol. The summed E-state index contributed by atoms with van der Waals surface area (Å²) in [5, 5.41) is 5.06. The number of nitrogens with two attached hydrogens (primary N) is 1. The Balaban J connectivity index is 2.51.